The van der Waals surface area contributed by atoms with E-state index in [4.69, 9.17) is 9.47 Å². The van der Waals surface area contributed by atoms with Crippen LogP contribution in [0.4, 0.5) is 0 Å². The van der Waals surface area contributed by atoms with Gasteiger partial charge in [-0.25, -0.2) is 0 Å². The van der Waals surface area contributed by atoms with Gasteiger partial charge in [-0.15, -0.1) is 0 Å². The highest BCUT2D eigenvalue weighted by Gasteiger charge is 2.33. The molecule has 0 aromatic carbocycles. The van der Waals surface area contributed by atoms with E-state index in [-0.39, 0.29) is 18.0 Å². The van der Waals surface area contributed by atoms with Crippen molar-refractivity contribution in [3.63, 3.8) is 0 Å². The summed E-state index contributed by atoms with van der Waals surface area (Å²) in [5.41, 5.74) is 0. The summed E-state index contributed by atoms with van der Waals surface area (Å²) in [5.74, 6) is 0.0735. The molecule has 3 unspecified atom stereocenters. The summed E-state index contributed by atoms with van der Waals surface area (Å²) in [6.45, 7) is 10.6. The lowest BCUT2D eigenvalue weighted by Crippen LogP contribution is -2.58. The van der Waals surface area contributed by atoms with E-state index < -0.39 is 0 Å². The molecule has 0 radical (unpaired) electrons. The molecule has 0 spiro atoms. The molecule has 2 saturated heterocycles. The highest BCUT2D eigenvalue weighted by Crippen LogP contribution is 2.16. The Morgan fingerprint density at radius 1 is 1.29 bits per heavy atom. The zero-order valence-electron chi connectivity index (χ0n) is 13.4. The predicted molar refractivity (Wildman–Crippen MR) is 81.3 cm³/mol. The molecular formula is C15H29N3O3. The second kappa shape index (κ2) is 8.08. The SMILES string of the molecule is CC(C)NC(=O)C1COCCN1C(C)CC1COCCN1. The summed E-state index contributed by atoms with van der Waals surface area (Å²) in [5, 5.41) is 6.48. The van der Waals surface area contributed by atoms with E-state index in [2.05, 4.69) is 22.5 Å². The highest BCUT2D eigenvalue weighted by molar-refractivity contribution is 5.82. The molecule has 3 atom stereocenters. The number of morpholine rings is 2. The summed E-state index contributed by atoms with van der Waals surface area (Å²) in [6, 6.07) is 0.687. The smallest absolute Gasteiger partial charge is 0.239 e. The molecule has 0 bridgehead atoms. The predicted octanol–water partition coefficient (Wildman–Crippen LogP) is -0.0212. The van der Waals surface area contributed by atoms with Crippen LogP contribution in [0.3, 0.4) is 0 Å². The molecule has 2 aliphatic heterocycles. The molecule has 2 N–H and O–H groups in total. The van der Waals surface area contributed by atoms with Gasteiger partial charge in [-0.05, 0) is 27.2 Å². The number of nitrogens with zero attached hydrogens (tertiary/aromatic N) is 1. The van der Waals surface area contributed by atoms with E-state index in [9.17, 15) is 4.79 Å². The molecule has 0 saturated carbocycles. The van der Waals surface area contributed by atoms with Gasteiger partial charge in [0.1, 0.15) is 6.04 Å². The molecule has 21 heavy (non-hydrogen) atoms. The summed E-state index contributed by atoms with van der Waals surface area (Å²) < 4.78 is 11.0. The molecule has 0 aromatic heterocycles. The number of carbonyl (C=O) groups is 1. The van der Waals surface area contributed by atoms with Gasteiger partial charge in [0.25, 0.3) is 0 Å². The van der Waals surface area contributed by atoms with Gasteiger partial charge in [0.2, 0.25) is 5.91 Å². The number of nitrogens with one attached hydrogen (secondary N) is 2. The first-order valence-electron chi connectivity index (χ1n) is 8.03. The van der Waals surface area contributed by atoms with Gasteiger partial charge in [0, 0.05) is 31.2 Å². The number of ether oxygens (including phenoxy) is 2. The third kappa shape index (κ3) is 4.92. The zero-order valence-corrected chi connectivity index (χ0v) is 13.4. The third-order valence-corrected chi connectivity index (χ3v) is 4.09. The molecular weight excluding hydrogens is 270 g/mol. The van der Waals surface area contributed by atoms with Gasteiger partial charge >= 0.3 is 0 Å². The molecule has 6 nitrogen and oxygen atoms in total. The van der Waals surface area contributed by atoms with Crippen molar-refractivity contribution < 1.29 is 14.3 Å². The molecule has 2 aliphatic rings. The van der Waals surface area contributed by atoms with Crippen LogP contribution in [0.1, 0.15) is 27.2 Å². The number of hydrogen-bond donors (Lipinski definition) is 2. The molecule has 0 aromatic rings. The molecule has 6 heteroatoms. The van der Waals surface area contributed by atoms with Crippen LogP contribution in [0.15, 0.2) is 0 Å². The molecule has 1 amide bonds. The minimum atomic E-state index is -0.180. The Hall–Kier alpha value is -0.690. The first-order chi connectivity index (χ1) is 10.1. The fourth-order valence-corrected chi connectivity index (χ4v) is 3.07. The number of carbonyl (C=O) groups excluding carboxylic acids is 1. The van der Waals surface area contributed by atoms with Crippen LogP contribution < -0.4 is 10.6 Å². The van der Waals surface area contributed by atoms with Crippen LogP contribution in [-0.2, 0) is 14.3 Å². The number of amides is 1. The van der Waals surface area contributed by atoms with Crippen molar-refractivity contribution in [1.82, 2.24) is 15.5 Å². The quantitative estimate of drug-likeness (QED) is 0.747. The lowest BCUT2D eigenvalue weighted by atomic mass is 10.0. The van der Waals surface area contributed by atoms with Crippen molar-refractivity contribution in [2.45, 2.75) is 51.4 Å². The van der Waals surface area contributed by atoms with Gasteiger partial charge in [0.05, 0.1) is 26.4 Å². The minimum absolute atomic E-state index is 0.0735. The highest BCUT2D eigenvalue weighted by atomic mass is 16.5. The lowest BCUT2D eigenvalue weighted by Gasteiger charge is -2.40. The standard InChI is InChI=1S/C15H29N3O3/c1-11(2)17-15(19)14-10-21-7-5-18(14)12(3)8-13-9-20-6-4-16-13/h11-14,16H,4-10H2,1-3H3,(H,17,19). The van der Waals surface area contributed by atoms with Crippen LogP contribution in [0.5, 0.6) is 0 Å². The summed E-state index contributed by atoms with van der Waals surface area (Å²) in [6.07, 6.45) is 0.992. The van der Waals surface area contributed by atoms with Gasteiger partial charge in [-0.1, -0.05) is 0 Å². The fraction of sp³-hybridized carbons (Fsp3) is 0.933. The van der Waals surface area contributed by atoms with E-state index in [0.29, 0.717) is 25.3 Å². The van der Waals surface area contributed by atoms with Crippen molar-refractivity contribution in [3.05, 3.63) is 0 Å². The minimum Gasteiger partial charge on any atom is -0.379 e. The van der Waals surface area contributed by atoms with Crippen LogP contribution in [0.25, 0.3) is 0 Å². The van der Waals surface area contributed by atoms with E-state index in [1.54, 1.807) is 0 Å². The summed E-state index contributed by atoms with van der Waals surface area (Å²) in [7, 11) is 0. The summed E-state index contributed by atoms with van der Waals surface area (Å²) >= 11 is 0. The Labute approximate surface area is 127 Å². The normalized spacial score (nSPS) is 29.3. The average molecular weight is 299 g/mol. The Morgan fingerprint density at radius 2 is 2.05 bits per heavy atom. The number of rotatable bonds is 5. The Balaban J connectivity index is 1.91. The lowest BCUT2D eigenvalue weighted by molar-refractivity contribution is -0.135. The second-order valence-electron chi connectivity index (χ2n) is 6.30. The fourth-order valence-electron chi connectivity index (χ4n) is 3.07. The van der Waals surface area contributed by atoms with E-state index in [0.717, 1.165) is 32.7 Å². The average Bonchev–Trinajstić information content (AvgIpc) is 2.47. The van der Waals surface area contributed by atoms with Crippen LogP contribution in [0.2, 0.25) is 0 Å². The van der Waals surface area contributed by atoms with Crippen molar-refractivity contribution >= 4 is 5.91 Å². The maximum Gasteiger partial charge on any atom is 0.239 e. The van der Waals surface area contributed by atoms with Gasteiger partial charge in [-0.2, -0.15) is 0 Å². The van der Waals surface area contributed by atoms with E-state index in [1.165, 1.54) is 0 Å². The Morgan fingerprint density at radius 3 is 2.71 bits per heavy atom. The maximum absolute atomic E-state index is 12.3. The van der Waals surface area contributed by atoms with Crippen LogP contribution in [-0.4, -0.2) is 74.5 Å². The molecule has 122 valence electrons. The monoisotopic (exact) mass is 299 g/mol. The first kappa shape index (κ1) is 16.7. The van der Waals surface area contributed by atoms with Gasteiger partial charge < -0.3 is 20.1 Å². The van der Waals surface area contributed by atoms with E-state index >= 15 is 0 Å². The van der Waals surface area contributed by atoms with Crippen molar-refractivity contribution in [1.29, 1.82) is 0 Å². The number of hydrogen-bond acceptors (Lipinski definition) is 5. The molecule has 2 heterocycles. The first-order valence-corrected chi connectivity index (χ1v) is 8.03. The maximum atomic E-state index is 12.3. The van der Waals surface area contributed by atoms with Crippen molar-refractivity contribution in [2.75, 3.05) is 39.5 Å². The van der Waals surface area contributed by atoms with Crippen molar-refractivity contribution in [3.8, 4) is 0 Å². The molecule has 2 fully saturated rings. The largest absolute Gasteiger partial charge is 0.379 e. The third-order valence-electron chi connectivity index (χ3n) is 4.09. The van der Waals surface area contributed by atoms with E-state index in [1.807, 2.05) is 13.8 Å². The Kier molecular flexibility index (Phi) is 6.41. The zero-order chi connectivity index (χ0) is 15.2. The van der Waals surface area contributed by atoms with Crippen molar-refractivity contribution in [2.24, 2.45) is 0 Å². The summed E-state index contributed by atoms with van der Waals surface area (Å²) in [4.78, 5) is 14.6. The molecule has 2 rings (SSSR count). The molecule has 0 aliphatic carbocycles. The van der Waals surface area contributed by atoms with Gasteiger partial charge in [0.15, 0.2) is 0 Å². The Bertz CT molecular complexity index is 332. The van der Waals surface area contributed by atoms with Gasteiger partial charge in [-0.3, -0.25) is 9.69 Å². The second-order valence-corrected chi connectivity index (χ2v) is 6.30. The van der Waals surface area contributed by atoms with Crippen LogP contribution in [0, 0.1) is 0 Å². The topological polar surface area (TPSA) is 62.8 Å². The van der Waals surface area contributed by atoms with Crippen LogP contribution >= 0.6 is 0 Å².